The number of nitrogens with zero attached hydrogens (tertiary/aromatic N) is 2. The van der Waals surface area contributed by atoms with Gasteiger partial charge in [0.15, 0.2) is 11.9 Å². The van der Waals surface area contributed by atoms with Crippen molar-refractivity contribution in [3.05, 3.63) is 57.7 Å². The fourth-order valence-electron chi connectivity index (χ4n) is 1.72. The first-order chi connectivity index (χ1) is 11.4. The molecule has 1 N–H and O–H groups in total. The Morgan fingerprint density at radius 3 is 2.75 bits per heavy atom. The van der Waals surface area contributed by atoms with Crippen LogP contribution in [0.15, 0.2) is 36.5 Å². The highest BCUT2D eigenvalue weighted by molar-refractivity contribution is 6.36. The van der Waals surface area contributed by atoms with Crippen molar-refractivity contribution in [2.75, 3.05) is 5.32 Å². The first kappa shape index (κ1) is 17.7. The van der Waals surface area contributed by atoms with Crippen molar-refractivity contribution in [2.24, 2.45) is 0 Å². The normalized spacial score (nSPS) is 11.2. The average Bonchev–Trinajstić information content (AvgIpc) is 2.57. The standard InChI is InChI=1S/C16H11Cl2N3O3/c1-9(15(22)21-14-13(18)6-12(17)8-20-14)24-16(23)11-4-2-3-10(5-11)7-19/h2-6,8-9H,1H3,(H,20,21,22)/t9-/m0/s1. The van der Waals surface area contributed by atoms with Crippen LogP contribution in [0, 0.1) is 11.3 Å². The number of benzene rings is 1. The summed E-state index contributed by atoms with van der Waals surface area (Å²) in [5.74, 6) is -1.21. The zero-order valence-corrected chi connectivity index (χ0v) is 13.9. The SMILES string of the molecule is C[C@H](OC(=O)c1cccc(C#N)c1)C(=O)Nc1ncc(Cl)cc1Cl. The number of carbonyl (C=O) groups excluding carboxylic acids is 2. The number of halogens is 2. The molecule has 0 fully saturated rings. The predicted octanol–water partition coefficient (Wildman–Crippen LogP) is 3.44. The maximum Gasteiger partial charge on any atom is 0.338 e. The van der Waals surface area contributed by atoms with E-state index >= 15 is 0 Å². The molecule has 0 aliphatic heterocycles. The molecule has 0 saturated carbocycles. The van der Waals surface area contributed by atoms with Crippen LogP contribution in [0.2, 0.25) is 10.0 Å². The van der Waals surface area contributed by atoms with Gasteiger partial charge in [0.1, 0.15) is 0 Å². The number of pyridine rings is 1. The molecule has 0 aliphatic carbocycles. The van der Waals surface area contributed by atoms with Crippen molar-refractivity contribution < 1.29 is 14.3 Å². The number of aromatic nitrogens is 1. The topological polar surface area (TPSA) is 92.1 Å². The van der Waals surface area contributed by atoms with Crippen LogP contribution >= 0.6 is 23.2 Å². The van der Waals surface area contributed by atoms with E-state index in [1.54, 1.807) is 12.1 Å². The summed E-state index contributed by atoms with van der Waals surface area (Å²) in [5, 5.41) is 11.8. The summed E-state index contributed by atoms with van der Waals surface area (Å²) >= 11 is 11.6. The number of nitriles is 1. The molecule has 2 rings (SSSR count). The third-order valence-corrected chi connectivity index (χ3v) is 3.42. The van der Waals surface area contributed by atoms with Gasteiger partial charge in [0.25, 0.3) is 5.91 Å². The Hall–Kier alpha value is -2.62. The number of rotatable bonds is 4. The average molecular weight is 364 g/mol. The maximum absolute atomic E-state index is 12.1. The number of ether oxygens (including phenoxy) is 1. The van der Waals surface area contributed by atoms with Crippen LogP contribution in [0.1, 0.15) is 22.8 Å². The van der Waals surface area contributed by atoms with E-state index in [2.05, 4.69) is 10.3 Å². The summed E-state index contributed by atoms with van der Waals surface area (Å²) in [6, 6.07) is 9.33. The second-order valence-corrected chi connectivity index (χ2v) is 5.56. The smallest absolute Gasteiger partial charge is 0.338 e. The minimum Gasteiger partial charge on any atom is -0.449 e. The number of nitrogens with one attached hydrogen (secondary N) is 1. The minimum atomic E-state index is -1.09. The van der Waals surface area contributed by atoms with Crippen LogP contribution in [0.3, 0.4) is 0 Å². The molecule has 0 bridgehead atoms. The number of carbonyl (C=O) groups is 2. The Bertz CT molecular complexity index is 834. The van der Waals surface area contributed by atoms with Crippen molar-refractivity contribution in [1.82, 2.24) is 4.98 Å². The Morgan fingerprint density at radius 2 is 2.08 bits per heavy atom. The van der Waals surface area contributed by atoms with Gasteiger partial charge in [-0.05, 0) is 31.2 Å². The fraction of sp³-hybridized carbons (Fsp3) is 0.125. The number of hydrogen-bond donors (Lipinski definition) is 1. The Kier molecular flexibility index (Phi) is 5.74. The van der Waals surface area contributed by atoms with Crippen molar-refractivity contribution in [1.29, 1.82) is 5.26 Å². The lowest BCUT2D eigenvalue weighted by Crippen LogP contribution is -2.30. The van der Waals surface area contributed by atoms with Crippen molar-refractivity contribution in [2.45, 2.75) is 13.0 Å². The molecule has 0 saturated heterocycles. The Labute approximate surface area is 148 Å². The number of esters is 1. The van der Waals surface area contributed by atoms with Gasteiger partial charge >= 0.3 is 5.97 Å². The van der Waals surface area contributed by atoms with Gasteiger partial charge in [-0.15, -0.1) is 0 Å². The van der Waals surface area contributed by atoms with E-state index in [9.17, 15) is 9.59 Å². The Balaban J connectivity index is 2.03. The van der Waals surface area contributed by atoms with Gasteiger partial charge in [0, 0.05) is 6.20 Å². The van der Waals surface area contributed by atoms with E-state index in [1.165, 1.54) is 31.3 Å². The molecule has 2 aromatic rings. The quantitative estimate of drug-likeness (QED) is 0.839. The molecule has 0 aliphatic rings. The van der Waals surface area contributed by atoms with Gasteiger partial charge in [-0.25, -0.2) is 9.78 Å². The second kappa shape index (κ2) is 7.77. The third-order valence-electron chi connectivity index (χ3n) is 2.93. The molecule has 1 amide bonds. The molecule has 6 nitrogen and oxygen atoms in total. The first-order valence-electron chi connectivity index (χ1n) is 6.73. The van der Waals surface area contributed by atoms with E-state index in [1.807, 2.05) is 6.07 Å². The minimum absolute atomic E-state index is 0.112. The van der Waals surface area contributed by atoms with E-state index < -0.39 is 18.0 Å². The highest BCUT2D eigenvalue weighted by Gasteiger charge is 2.20. The van der Waals surface area contributed by atoms with Gasteiger partial charge in [-0.2, -0.15) is 5.26 Å². The van der Waals surface area contributed by atoms with Crippen LogP contribution in [0.5, 0.6) is 0 Å². The maximum atomic E-state index is 12.1. The van der Waals surface area contributed by atoms with Crippen molar-refractivity contribution in [3.63, 3.8) is 0 Å². The van der Waals surface area contributed by atoms with Gasteiger partial charge in [0.05, 0.1) is 27.2 Å². The molecular formula is C16H11Cl2N3O3. The monoisotopic (exact) mass is 363 g/mol. The van der Waals surface area contributed by atoms with Crippen LogP contribution in [0.25, 0.3) is 0 Å². The molecule has 0 radical (unpaired) electrons. The molecule has 0 spiro atoms. The molecule has 24 heavy (non-hydrogen) atoms. The lowest BCUT2D eigenvalue weighted by Gasteiger charge is -2.14. The van der Waals surface area contributed by atoms with E-state index in [0.717, 1.165) is 0 Å². The third kappa shape index (κ3) is 4.44. The number of amides is 1. The van der Waals surface area contributed by atoms with Gasteiger partial charge in [-0.3, -0.25) is 4.79 Å². The largest absolute Gasteiger partial charge is 0.449 e. The molecule has 1 aromatic carbocycles. The lowest BCUT2D eigenvalue weighted by molar-refractivity contribution is -0.123. The van der Waals surface area contributed by atoms with Gasteiger partial charge in [0.2, 0.25) is 0 Å². The molecule has 8 heteroatoms. The number of hydrogen-bond acceptors (Lipinski definition) is 5. The van der Waals surface area contributed by atoms with Gasteiger partial charge < -0.3 is 10.1 Å². The fourth-order valence-corrected chi connectivity index (χ4v) is 2.15. The second-order valence-electron chi connectivity index (χ2n) is 4.71. The van der Waals surface area contributed by atoms with E-state index in [-0.39, 0.29) is 16.4 Å². The summed E-state index contributed by atoms with van der Waals surface area (Å²) in [6.45, 7) is 1.41. The van der Waals surface area contributed by atoms with Crippen LogP contribution in [-0.4, -0.2) is 23.0 Å². The van der Waals surface area contributed by atoms with Crippen LogP contribution < -0.4 is 5.32 Å². The van der Waals surface area contributed by atoms with Gasteiger partial charge in [-0.1, -0.05) is 29.3 Å². The summed E-state index contributed by atoms with van der Waals surface area (Å²) in [6.07, 6.45) is 0.240. The predicted molar refractivity (Wildman–Crippen MR) is 88.9 cm³/mol. The molecule has 1 aromatic heterocycles. The molecule has 1 heterocycles. The summed E-state index contributed by atoms with van der Waals surface area (Å²) in [7, 11) is 0. The van der Waals surface area contributed by atoms with Crippen molar-refractivity contribution >= 4 is 40.9 Å². The molecular weight excluding hydrogens is 353 g/mol. The summed E-state index contributed by atoms with van der Waals surface area (Å²) in [4.78, 5) is 28.0. The number of anilines is 1. The zero-order valence-electron chi connectivity index (χ0n) is 12.4. The molecule has 1 atom stereocenters. The molecule has 122 valence electrons. The lowest BCUT2D eigenvalue weighted by atomic mass is 10.1. The first-order valence-corrected chi connectivity index (χ1v) is 7.49. The highest BCUT2D eigenvalue weighted by atomic mass is 35.5. The zero-order chi connectivity index (χ0) is 17.7. The van der Waals surface area contributed by atoms with Crippen molar-refractivity contribution in [3.8, 4) is 6.07 Å². The summed E-state index contributed by atoms with van der Waals surface area (Å²) < 4.78 is 5.08. The summed E-state index contributed by atoms with van der Waals surface area (Å²) in [5.41, 5.74) is 0.495. The highest BCUT2D eigenvalue weighted by Crippen LogP contribution is 2.22. The Morgan fingerprint density at radius 1 is 1.33 bits per heavy atom. The van der Waals surface area contributed by atoms with Crippen LogP contribution in [0.4, 0.5) is 5.82 Å². The van der Waals surface area contributed by atoms with E-state index in [4.69, 9.17) is 33.2 Å². The van der Waals surface area contributed by atoms with E-state index in [0.29, 0.717) is 10.6 Å². The molecule has 0 unspecified atom stereocenters. The van der Waals surface area contributed by atoms with Crippen LogP contribution in [-0.2, 0) is 9.53 Å².